The van der Waals surface area contributed by atoms with Gasteiger partial charge in [-0.15, -0.1) is 0 Å². The second-order valence-electron chi connectivity index (χ2n) is 5.12. The van der Waals surface area contributed by atoms with Crippen molar-refractivity contribution in [3.05, 3.63) is 0 Å². The minimum atomic E-state index is 0.195. The van der Waals surface area contributed by atoms with Gasteiger partial charge in [-0.05, 0) is 25.7 Å². The fourth-order valence-electron chi connectivity index (χ4n) is 2.31. The first kappa shape index (κ1) is 11.9. The van der Waals surface area contributed by atoms with Crippen LogP contribution in [0.1, 0.15) is 26.2 Å². The average Bonchev–Trinajstić information content (AvgIpc) is 2.19. The van der Waals surface area contributed by atoms with Gasteiger partial charge in [0.1, 0.15) is 0 Å². The van der Waals surface area contributed by atoms with E-state index in [1.165, 1.54) is 19.3 Å². The summed E-state index contributed by atoms with van der Waals surface area (Å²) in [5.74, 6) is 0.949. The topological polar surface area (TPSA) is 44.4 Å². The summed E-state index contributed by atoms with van der Waals surface area (Å²) in [6.45, 7) is 6.61. The van der Waals surface area contributed by atoms with Gasteiger partial charge in [0.25, 0.3) is 0 Å². The highest BCUT2D eigenvalue weighted by molar-refractivity contribution is 5.78. The van der Waals surface area contributed by atoms with Crippen LogP contribution in [-0.4, -0.2) is 49.6 Å². The zero-order valence-corrected chi connectivity index (χ0v) is 10.2. The number of hydrogen-bond donors (Lipinski definition) is 2. The smallest absolute Gasteiger partial charge is 0.234 e. The molecule has 1 aliphatic carbocycles. The molecule has 16 heavy (non-hydrogen) atoms. The summed E-state index contributed by atoms with van der Waals surface area (Å²) in [7, 11) is 0. The molecule has 0 aromatic carbocycles. The van der Waals surface area contributed by atoms with Crippen molar-refractivity contribution >= 4 is 5.91 Å². The standard InChI is InChI=1S/C12H23N3O/c1-10-7-13-5-6-15(10)9-12(16)14-8-11-3-2-4-11/h10-11,13H,2-9H2,1H3,(H,14,16)/t10-/m1/s1. The summed E-state index contributed by atoms with van der Waals surface area (Å²) in [6.07, 6.45) is 3.93. The summed E-state index contributed by atoms with van der Waals surface area (Å²) < 4.78 is 0. The molecule has 0 spiro atoms. The third kappa shape index (κ3) is 3.19. The van der Waals surface area contributed by atoms with E-state index < -0.39 is 0 Å². The average molecular weight is 225 g/mol. The molecular weight excluding hydrogens is 202 g/mol. The van der Waals surface area contributed by atoms with Gasteiger partial charge < -0.3 is 10.6 Å². The van der Waals surface area contributed by atoms with Gasteiger partial charge in [-0.1, -0.05) is 6.42 Å². The first-order valence-corrected chi connectivity index (χ1v) is 6.47. The normalized spacial score (nSPS) is 27.4. The van der Waals surface area contributed by atoms with E-state index >= 15 is 0 Å². The minimum absolute atomic E-state index is 0.195. The molecule has 0 unspecified atom stereocenters. The Bertz CT molecular complexity index is 240. The second kappa shape index (κ2) is 5.64. The Kier molecular flexibility index (Phi) is 4.18. The van der Waals surface area contributed by atoms with Crippen molar-refractivity contribution in [3.8, 4) is 0 Å². The molecule has 4 nitrogen and oxygen atoms in total. The molecule has 1 saturated carbocycles. The molecule has 2 fully saturated rings. The van der Waals surface area contributed by atoms with Crippen LogP contribution in [0.5, 0.6) is 0 Å². The van der Waals surface area contributed by atoms with Crippen molar-refractivity contribution in [2.24, 2.45) is 5.92 Å². The highest BCUT2D eigenvalue weighted by Crippen LogP contribution is 2.25. The van der Waals surface area contributed by atoms with E-state index in [-0.39, 0.29) is 5.91 Å². The molecule has 1 aliphatic heterocycles. The lowest BCUT2D eigenvalue weighted by atomic mass is 9.85. The zero-order chi connectivity index (χ0) is 11.4. The number of carbonyl (C=O) groups excluding carboxylic acids is 1. The van der Waals surface area contributed by atoms with Gasteiger partial charge in [0.2, 0.25) is 5.91 Å². The Balaban J connectivity index is 1.64. The Labute approximate surface area is 97.8 Å². The van der Waals surface area contributed by atoms with Gasteiger partial charge in [-0.3, -0.25) is 9.69 Å². The van der Waals surface area contributed by atoms with Gasteiger partial charge >= 0.3 is 0 Å². The van der Waals surface area contributed by atoms with Crippen molar-refractivity contribution in [2.75, 3.05) is 32.7 Å². The maximum Gasteiger partial charge on any atom is 0.234 e. The Morgan fingerprint density at radius 2 is 2.31 bits per heavy atom. The second-order valence-corrected chi connectivity index (χ2v) is 5.12. The lowest BCUT2D eigenvalue weighted by Crippen LogP contribution is -2.53. The van der Waals surface area contributed by atoms with Crippen LogP contribution in [0.15, 0.2) is 0 Å². The van der Waals surface area contributed by atoms with Crippen LogP contribution in [0.2, 0.25) is 0 Å². The maximum absolute atomic E-state index is 11.7. The molecule has 1 saturated heterocycles. The predicted octanol–water partition coefficient (Wildman–Crippen LogP) is 0.196. The summed E-state index contributed by atoms with van der Waals surface area (Å²) in [4.78, 5) is 14.0. The van der Waals surface area contributed by atoms with Crippen LogP contribution in [0.25, 0.3) is 0 Å². The Hall–Kier alpha value is -0.610. The van der Waals surface area contributed by atoms with E-state index in [0.29, 0.717) is 12.6 Å². The first-order chi connectivity index (χ1) is 7.75. The molecular formula is C12H23N3O. The molecule has 1 atom stereocenters. The molecule has 1 amide bonds. The third-order valence-corrected chi connectivity index (χ3v) is 3.80. The van der Waals surface area contributed by atoms with E-state index in [2.05, 4.69) is 22.5 Å². The van der Waals surface area contributed by atoms with Crippen LogP contribution >= 0.6 is 0 Å². The molecule has 2 aliphatic rings. The van der Waals surface area contributed by atoms with Gasteiger partial charge in [0.15, 0.2) is 0 Å². The van der Waals surface area contributed by atoms with Gasteiger partial charge in [0.05, 0.1) is 6.54 Å². The maximum atomic E-state index is 11.7. The van der Waals surface area contributed by atoms with E-state index in [4.69, 9.17) is 0 Å². The number of amides is 1. The molecule has 4 heteroatoms. The van der Waals surface area contributed by atoms with Crippen LogP contribution in [0, 0.1) is 5.92 Å². The van der Waals surface area contributed by atoms with E-state index in [0.717, 1.165) is 32.1 Å². The SMILES string of the molecule is C[C@@H]1CNCCN1CC(=O)NCC1CCC1. The minimum Gasteiger partial charge on any atom is -0.355 e. The fraction of sp³-hybridized carbons (Fsp3) is 0.917. The van der Waals surface area contributed by atoms with Gasteiger partial charge in [-0.25, -0.2) is 0 Å². The summed E-state index contributed by atoms with van der Waals surface area (Å²) >= 11 is 0. The third-order valence-electron chi connectivity index (χ3n) is 3.80. The molecule has 1 heterocycles. The molecule has 92 valence electrons. The molecule has 0 bridgehead atoms. The van der Waals surface area contributed by atoms with Gasteiger partial charge in [-0.2, -0.15) is 0 Å². The fourth-order valence-corrected chi connectivity index (χ4v) is 2.31. The summed E-state index contributed by atoms with van der Waals surface area (Å²) in [5.41, 5.74) is 0. The zero-order valence-electron chi connectivity index (χ0n) is 10.2. The van der Waals surface area contributed by atoms with Crippen molar-refractivity contribution < 1.29 is 4.79 Å². The summed E-state index contributed by atoms with van der Waals surface area (Å²) in [6, 6.07) is 0.475. The van der Waals surface area contributed by atoms with Gasteiger partial charge in [0, 0.05) is 32.2 Å². The van der Waals surface area contributed by atoms with Crippen LogP contribution in [0.3, 0.4) is 0 Å². The largest absolute Gasteiger partial charge is 0.355 e. The van der Waals surface area contributed by atoms with Crippen LogP contribution in [-0.2, 0) is 4.79 Å². The number of carbonyl (C=O) groups is 1. The van der Waals surface area contributed by atoms with Crippen LogP contribution < -0.4 is 10.6 Å². The lowest BCUT2D eigenvalue weighted by molar-refractivity contribution is -0.123. The van der Waals surface area contributed by atoms with Crippen molar-refractivity contribution in [2.45, 2.75) is 32.2 Å². The number of piperazine rings is 1. The number of rotatable bonds is 4. The quantitative estimate of drug-likeness (QED) is 0.718. The van der Waals surface area contributed by atoms with E-state index in [1.807, 2.05) is 0 Å². The number of nitrogens with zero attached hydrogens (tertiary/aromatic N) is 1. The molecule has 2 rings (SSSR count). The van der Waals surface area contributed by atoms with Crippen molar-refractivity contribution in [3.63, 3.8) is 0 Å². The predicted molar refractivity (Wildman–Crippen MR) is 64.3 cm³/mol. The Morgan fingerprint density at radius 1 is 1.50 bits per heavy atom. The van der Waals surface area contributed by atoms with Crippen molar-refractivity contribution in [1.82, 2.24) is 15.5 Å². The summed E-state index contributed by atoms with van der Waals surface area (Å²) in [5, 5.41) is 6.38. The number of hydrogen-bond acceptors (Lipinski definition) is 3. The van der Waals surface area contributed by atoms with Crippen LogP contribution in [0.4, 0.5) is 0 Å². The Morgan fingerprint density at radius 3 is 2.94 bits per heavy atom. The highest BCUT2D eigenvalue weighted by Gasteiger charge is 2.21. The van der Waals surface area contributed by atoms with E-state index in [9.17, 15) is 4.79 Å². The highest BCUT2D eigenvalue weighted by atomic mass is 16.2. The molecule has 0 aromatic heterocycles. The van der Waals surface area contributed by atoms with E-state index in [1.54, 1.807) is 0 Å². The molecule has 0 aromatic rings. The molecule has 0 radical (unpaired) electrons. The molecule has 2 N–H and O–H groups in total. The van der Waals surface area contributed by atoms with Crippen molar-refractivity contribution in [1.29, 1.82) is 0 Å². The first-order valence-electron chi connectivity index (χ1n) is 6.47. The number of nitrogens with one attached hydrogen (secondary N) is 2. The lowest BCUT2D eigenvalue weighted by Gasteiger charge is -2.33. The monoisotopic (exact) mass is 225 g/mol.